The second-order valence-electron chi connectivity index (χ2n) is 5.75. The molecule has 0 aliphatic carbocycles. The van der Waals surface area contributed by atoms with Crippen molar-refractivity contribution in [2.45, 2.75) is 13.1 Å². The van der Waals surface area contributed by atoms with Gasteiger partial charge in [-0.25, -0.2) is 4.98 Å². The number of anilines is 4. The maximum atomic E-state index is 13.4. The molecule has 27 heavy (non-hydrogen) atoms. The van der Waals surface area contributed by atoms with Gasteiger partial charge >= 0.3 is 6.18 Å². The third-order valence-corrected chi connectivity index (χ3v) is 3.82. The van der Waals surface area contributed by atoms with Crippen LogP contribution in [0.3, 0.4) is 0 Å². The summed E-state index contributed by atoms with van der Waals surface area (Å²) in [5.74, 6) is 0.227. The van der Waals surface area contributed by atoms with Crippen LogP contribution in [-0.2, 0) is 6.18 Å². The summed E-state index contributed by atoms with van der Waals surface area (Å²) in [6.45, 7) is 1.88. The summed E-state index contributed by atoms with van der Waals surface area (Å²) in [6, 6.07) is 13.9. The molecule has 2 N–H and O–H groups in total. The quantitative estimate of drug-likeness (QED) is 0.635. The SMILES string of the molecule is COc1cccc(Nc2nc(Nc3ccccc3C)ncc2C(F)(F)F)c1. The molecule has 2 aromatic carbocycles. The number of aromatic nitrogens is 2. The molecule has 0 aliphatic heterocycles. The van der Waals surface area contributed by atoms with Crippen molar-refractivity contribution in [2.75, 3.05) is 17.7 Å². The zero-order valence-electron chi connectivity index (χ0n) is 14.6. The third-order valence-electron chi connectivity index (χ3n) is 3.82. The van der Waals surface area contributed by atoms with Crippen molar-refractivity contribution in [1.29, 1.82) is 0 Å². The number of rotatable bonds is 5. The van der Waals surface area contributed by atoms with E-state index in [0.717, 1.165) is 11.8 Å². The Hall–Kier alpha value is -3.29. The van der Waals surface area contributed by atoms with Crippen molar-refractivity contribution < 1.29 is 17.9 Å². The van der Waals surface area contributed by atoms with Crippen molar-refractivity contribution in [3.05, 3.63) is 65.9 Å². The molecule has 1 heterocycles. The highest BCUT2D eigenvalue weighted by molar-refractivity contribution is 5.64. The minimum atomic E-state index is -4.59. The molecule has 0 saturated carbocycles. The van der Waals surface area contributed by atoms with E-state index in [1.807, 2.05) is 25.1 Å². The summed E-state index contributed by atoms with van der Waals surface area (Å²) in [5.41, 5.74) is 1.09. The second-order valence-corrected chi connectivity index (χ2v) is 5.75. The monoisotopic (exact) mass is 374 g/mol. The number of ether oxygens (including phenoxy) is 1. The number of benzene rings is 2. The first kappa shape index (κ1) is 18.5. The molecule has 140 valence electrons. The van der Waals surface area contributed by atoms with E-state index >= 15 is 0 Å². The Bertz CT molecular complexity index is 944. The number of hydrogen-bond acceptors (Lipinski definition) is 5. The van der Waals surface area contributed by atoms with Crippen LogP contribution in [0.4, 0.5) is 36.3 Å². The first-order chi connectivity index (χ1) is 12.9. The van der Waals surface area contributed by atoms with E-state index in [-0.39, 0.29) is 11.8 Å². The van der Waals surface area contributed by atoms with Gasteiger partial charge in [0.15, 0.2) is 0 Å². The lowest BCUT2D eigenvalue weighted by atomic mass is 10.2. The highest BCUT2D eigenvalue weighted by atomic mass is 19.4. The normalized spacial score (nSPS) is 11.1. The number of nitrogens with zero attached hydrogens (tertiary/aromatic N) is 2. The molecule has 3 rings (SSSR count). The minimum absolute atomic E-state index is 0.0581. The van der Waals surface area contributed by atoms with E-state index in [1.165, 1.54) is 7.11 Å². The van der Waals surface area contributed by atoms with Gasteiger partial charge in [0.1, 0.15) is 17.1 Å². The predicted octanol–water partition coefficient (Wildman–Crippen LogP) is 5.30. The van der Waals surface area contributed by atoms with Crippen LogP contribution < -0.4 is 15.4 Å². The molecule has 0 spiro atoms. The number of aryl methyl sites for hydroxylation is 1. The maximum Gasteiger partial charge on any atom is 0.421 e. The number of nitrogens with one attached hydrogen (secondary N) is 2. The van der Waals surface area contributed by atoms with Crippen molar-refractivity contribution in [2.24, 2.45) is 0 Å². The third kappa shape index (κ3) is 4.46. The fourth-order valence-corrected chi connectivity index (χ4v) is 2.42. The number of methoxy groups -OCH3 is 1. The van der Waals surface area contributed by atoms with Crippen LogP contribution in [-0.4, -0.2) is 17.1 Å². The summed E-state index contributed by atoms with van der Waals surface area (Å²) >= 11 is 0. The Morgan fingerprint density at radius 2 is 1.78 bits per heavy atom. The molecule has 0 radical (unpaired) electrons. The Kier molecular flexibility index (Phi) is 5.16. The lowest BCUT2D eigenvalue weighted by molar-refractivity contribution is -0.137. The summed E-state index contributed by atoms with van der Waals surface area (Å²) in [6.07, 6.45) is -3.83. The van der Waals surface area contributed by atoms with Gasteiger partial charge in [0.25, 0.3) is 0 Å². The van der Waals surface area contributed by atoms with E-state index in [2.05, 4.69) is 20.6 Å². The zero-order chi connectivity index (χ0) is 19.4. The second kappa shape index (κ2) is 7.53. The van der Waals surface area contributed by atoms with Gasteiger partial charge in [0.05, 0.1) is 7.11 Å². The maximum absolute atomic E-state index is 13.4. The Morgan fingerprint density at radius 3 is 2.48 bits per heavy atom. The topological polar surface area (TPSA) is 59.1 Å². The van der Waals surface area contributed by atoms with Gasteiger partial charge in [-0.1, -0.05) is 24.3 Å². The molecular formula is C19H17F3N4O. The lowest BCUT2D eigenvalue weighted by Crippen LogP contribution is -2.12. The van der Waals surface area contributed by atoms with Crippen LogP contribution in [0.5, 0.6) is 5.75 Å². The molecule has 0 saturated heterocycles. The first-order valence-corrected chi connectivity index (χ1v) is 8.05. The molecule has 0 bridgehead atoms. The molecule has 3 aromatic rings. The van der Waals surface area contributed by atoms with Gasteiger partial charge in [-0.15, -0.1) is 0 Å². The summed E-state index contributed by atoms with van der Waals surface area (Å²) in [7, 11) is 1.48. The van der Waals surface area contributed by atoms with E-state index in [0.29, 0.717) is 17.1 Å². The van der Waals surface area contributed by atoms with Crippen LogP contribution >= 0.6 is 0 Å². The van der Waals surface area contributed by atoms with Gasteiger partial charge in [0, 0.05) is 23.6 Å². The van der Waals surface area contributed by atoms with Crippen molar-refractivity contribution in [3.8, 4) is 5.75 Å². The summed E-state index contributed by atoms with van der Waals surface area (Å²) in [5, 5.41) is 5.65. The van der Waals surface area contributed by atoms with E-state index in [4.69, 9.17) is 4.74 Å². The van der Waals surface area contributed by atoms with Crippen LogP contribution in [0.2, 0.25) is 0 Å². The molecule has 5 nitrogen and oxygen atoms in total. The fourth-order valence-electron chi connectivity index (χ4n) is 2.42. The van der Waals surface area contributed by atoms with E-state index in [9.17, 15) is 13.2 Å². The van der Waals surface area contributed by atoms with Gasteiger partial charge in [-0.05, 0) is 30.7 Å². The molecule has 0 atom stereocenters. The van der Waals surface area contributed by atoms with Crippen LogP contribution in [0.15, 0.2) is 54.7 Å². The smallest absolute Gasteiger partial charge is 0.421 e. The summed E-state index contributed by atoms with van der Waals surface area (Å²) < 4.78 is 45.2. The van der Waals surface area contributed by atoms with E-state index in [1.54, 1.807) is 30.3 Å². The zero-order valence-corrected chi connectivity index (χ0v) is 14.6. The van der Waals surface area contributed by atoms with E-state index < -0.39 is 11.7 Å². The van der Waals surface area contributed by atoms with Crippen LogP contribution in [0.25, 0.3) is 0 Å². The Morgan fingerprint density at radius 1 is 1.00 bits per heavy atom. The van der Waals surface area contributed by atoms with Crippen molar-refractivity contribution in [1.82, 2.24) is 9.97 Å². The molecule has 0 amide bonds. The predicted molar refractivity (Wildman–Crippen MR) is 97.8 cm³/mol. The van der Waals surface area contributed by atoms with Crippen LogP contribution in [0.1, 0.15) is 11.1 Å². The number of hydrogen-bond donors (Lipinski definition) is 2. The molecular weight excluding hydrogens is 357 g/mol. The average molecular weight is 374 g/mol. The molecule has 1 aromatic heterocycles. The largest absolute Gasteiger partial charge is 0.497 e. The Labute approximate surface area is 154 Å². The van der Waals surface area contributed by atoms with Gasteiger partial charge in [-0.2, -0.15) is 18.2 Å². The minimum Gasteiger partial charge on any atom is -0.497 e. The molecule has 0 fully saturated rings. The number of para-hydroxylation sites is 1. The highest BCUT2D eigenvalue weighted by Gasteiger charge is 2.35. The number of alkyl halides is 3. The van der Waals surface area contributed by atoms with Crippen LogP contribution in [0, 0.1) is 6.92 Å². The van der Waals surface area contributed by atoms with Crippen molar-refractivity contribution in [3.63, 3.8) is 0 Å². The average Bonchev–Trinajstić information content (AvgIpc) is 2.63. The molecule has 8 heteroatoms. The van der Waals surface area contributed by atoms with Gasteiger partial charge in [0.2, 0.25) is 5.95 Å². The molecule has 0 aliphatic rings. The first-order valence-electron chi connectivity index (χ1n) is 8.05. The fraction of sp³-hybridized carbons (Fsp3) is 0.158. The lowest BCUT2D eigenvalue weighted by Gasteiger charge is -2.15. The Balaban J connectivity index is 1.97. The van der Waals surface area contributed by atoms with Gasteiger partial charge < -0.3 is 15.4 Å². The molecule has 0 unspecified atom stereocenters. The van der Waals surface area contributed by atoms with Crippen molar-refractivity contribution >= 4 is 23.1 Å². The van der Waals surface area contributed by atoms with Gasteiger partial charge in [-0.3, -0.25) is 0 Å². The summed E-state index contributed by atoms with van der Waals surface area (Å²) in [4.78, 5) is 7.84. The highest BCUT2D eigenvalue weighted by Crippen LogP contribution is 2.35. The number of halogens is 3. The standard InChI is InChI=1S/C19H17F3N4O/c1-12-6-3-4-9-16(12)25-18-23-11-15(19(20,21)22)17(26-18)24-13-7-5-8-14(10-13)27-2/h3-11H,1-2H3,(H2,23,24,25,26).